The van der Waals surface area contributed by atoms with Gasteiger partial charge in [0, 0.05) is 10.9 Å². The van der Waals surface area contributed by atoms with Crippen molar-refractivity contribution in [2.75, 3.05) is 13.2 Å². The Morgan fingerprint density at radius 2 is 1.83 bits per heavy atom. The minimum atomic E-state index is -0.549. The van der Waals surface area contributed by atoms with E-state index < -0.39 is 5.97 Å². The third-order valence-corrected chi connectivity index (χ3v) is 3.85. The van der Waals surface area contributed by atoms with Crippen molar-refractivity contribution in [2.24, 2.45) is 5.73 Å². The molecule has 5 heteroatoms. The number of aromatic amines is 1. The molecule has 0 radical (unpaired) electrons. The summed E-state index contributed by atoms with van der Waals surface area (Å²) in [6, 6.07) is 15.6. The highest BCUT2D eigenvalue weighted by Crippen LogP contribution is 2.28. The average molecular weight is 322 g/mol. The summed E-state index contributed by atoms with van der Waals surface area (Å²) in [7, 11) is 0. The summed E-state index contributed by atoms with van der Waals surface area (Å²) >= 11 is 0. The van der Waals surface area contributed by atoms with E-state index in [0.717, 1.165) is 11.1 Å². The van der Waals surface area contributed by atoms with Crippen LogP contribution in [0.25, 0.3) is 22.0 Å². The van der Waals surface area contributed by atoms with Crippen LogP contribution in [0.4, 0.5) is 0 Å². The van der Waals surface area contributed by atoms with E-state index in [1.807, 2.05) is 48.5 Å². The van der Waals surface area contributed by atoms with Crippen LogP contribution in [-0.2, 0) is 4.74 Å². The van der Waals surface area contributed by atoms with Gasteiger partial charge in [0.1, 0.15) is 5.69 Å². The Hall–Kier alpha value is -2.92. The Labute approximate surface area is 139 Å². The highest BCUT2D eigenvalue weighted by atomic mass is 16.5. The molecule has 5 nitrogen and oxygen atoms in total. The lowest BCUT2D eigenvalue weighted by Gasteiger charge is -2.03. The molecule has 0 bridgehead atoms. The largest absolute Gasteiger partial charge is 0.461 e. The van der Waals surface area contributed by atoms with Gasteiger partial charge in [-0.15, -0.1) is 0 Å². The minimum absolute atomic E-state index is 0.160. The number of carbonyl (C=O) groups excluding carboxylic acids is 2. The van der Waals surface area contributed by atoms with Crippen LogP contribution in [0.1, 0.15) is 27.8 Å². The van der Waals surface area contributed by atoms with Crippen LogP contribution in [0.3, 0.4) is 0 Å². The number of esters is 1. The van der Waals surface area contributed by atoms with Gasteiger partial charge >= 0.3 is 5.97 Å². The van der Waals surface area contributed by atoms with Crippen molar-refractivity contribution in [1.29, 1.82) is 0 Å². The van der Waals surface area contributed by atoms with Crippen molar-refractivity contribution in [3.8, 4) is 11.1 Å². The van der Waals surface area contributed by atoms with E-state index in [9.17, 15) is 9.59 Å². The number of carbonyl (C=O) groups is 2. The van der Waals surface area contributed by atoms with Crippen molar-refractivity contribution in [3.63, 3.8) is 0 Å². The fourth-order valence-corrected chi connectivity index (χ4v) is 2.76. The number of benzene rings is 2. The molecule has 1 aromatic heterocycles. The first-order valence-corrected chi connectivity index (χ1v) is 7.77. The molecule has 3 rings (SSSR count). The van der Waals surface area contributed by atoms with Gasteiger partial charge in [-0.1, -0.05) is 42.5 Å². The lowest BCUT2D eigenvalue weighted by atomic mass is 10.0. The van der Waals surface area contributed by atoms with E-state index in [0.29, 0.717) is 16.5 Å². The number of fused-ring (bicyclic) bond motifs is 1. The predicted octanol–water partition coefficient (Wildman–Crippen LogP) is 3.15. The molecule has 0 aliphatic heterocycles. The summed E-state index contributed by atoms with van der Waals surface area (Å²) in [6.45, 7) is 1.79. The maximum atomic E-state index is 12.2. The van der Waals surface area contributed by atoms with E-state index in [1.165, 1.54) is 0 Å². The van der Waals surface area contributed by atoms with Crippen LogP contribution >= 0.6 is 0 Å². The predicted molar refractivity (Wildman–Crippen MR) is 93.1 cm³/mol. The van der Waals surface area contributed by atoms with E-state index in [1.54, 1.807) is 6.92 Å². The number of H-pyrrole nitrogens is 1. The maximum absolute atomic E-state index is 12.2. The monoisotopic (exact) mass is 322 g/mol. The van der Waals surface area contributed by atoms with Crippen molar-refractivity contribution < 1.29 is 14.3 Å². The number of hydrogen-bond acceptors (Lipinski definition) is 4. The summed E-state index contributed by atoms with van der Waals surface area (Å²) < 4.78 is 5.04. The summed E-state index contributed by atoms with van der Waals surface area (Å²) in [5, 5.41) is 0.674. The molecular weight excluding hydrogens is 304 g/mol. The Bertz CT molecular complexity index is 898. The first kappa shape index (κ1) is 16.0. The number of aromatic nitrogens is 1. The Morgan fingerprint density at radius 1 is 1.08 bits per heavy atom. The smallest absolute Gasteiger partial charge is 0.355 e. The molecule has 0 atom stereocenters. The minimum Gasteiger partial charge on any atom is -0.461 e. The number of hydrogen-bond donors (Lipinski definition) is 2. The third-order valence-electron chi connectivity index (χ3n) is 3.85. The zero-order valence-corrected chi connectivity index (χ0v) is 13.3. The van der Waals surface area contributed by atoms with Crippen LogP contribution in [0.5, 0.6) is 0 Å². The first-order valence-electron chi connectivity index (χ1n) is 7.77. The number of ketones is 1. The zero-order valence-electron chi connectivity index (χ0n) is 13.3. The van der Waals surface area contributed by atoms with Gasteiger partial charge < -0.3 is 15.5 Å². The summed E-state index contributed by atoms with van der Waals surface area (Å²) in [5.74, 6) is -0.844. The first-order chi connectivity index (χ1) is 11.7. The quantitative estimate of drug-likeness (QED) is 0.558. The number of nitrogens with one attached hydrogen (secondary N) is 1. The van der Waals surface area contributed by atoms with Crippen LogP contribution in [0.15, 0.2) is 48.5 Å². The highest BCUT2D eigenvalue weighted by molar-refractivity contribution is 6.16. The standard InChI is InChI=1S/C19H18N2O3/c1-2-24-19(23)18-17(16(22)11-20)14-9-8-13(10-15(14)21-18)12-6-4-3-5-7-12/h3-10,21H,2,11,20H2,1H3. The lowest BCUT2D eigenvalue weighted by Crippen LogP contribution is -2.17. The van der Waals surface area contributed by atoms with Gasteiger partial charge in [-0.3, -0.25) is 4.79 Å². The molecule has 0 amide bonds. The second kappa shape index (κ2) is 6.68. The number of rotatable bonds is 5. The number of nitrogens with two attached hydrogens (primary N) is 1. The summed E-state index contributed by atoms with van der Waals surface area (Å²) in [6.07, 6.45) is 0. The van der Waals surface area contributed by atoms with Crippen molar-refractivity contribution in [1.82, 2.24) is 4.98 Å². The molecule has 24 heavy (non-hydrogen) atoms. The normalized spacial score (nSPS) is 10.8. The van der Waals surface area contributed by atoms with Gasteiger partial charge in [-0.05, 0) is 24.1 Å². The SMILES string of the molecule is CCOC(=O)c1[nH]c2cc(-c3ccccc3)ccc2c1C(=O)CN. The van der Waals surface area contributed by atoms with Crippen molar-refractivity contribution >= 4 is 22.7 Å². The van der Waals surface area contributed by atoms with Gasteiger partial charge in [0.15, 0.2) is 5.78 Å². The van der Waals surface area contributed by atoms with E-state index in [-0.39, 0.29) is 24.6 Å². The third kappa shape index (κ3) is 2.81. The molecule has 122 valence electrons. The molecule has 0 saturated carbocycles. The summed E-state index contributed by atoms with van der Waals surface area (Å²) in [5.41, 5.74) is 8.71. The molecule has 3 aromatic rings. The Kier molecular flexibility index (Phi) is 4.44. The second-order valence-electron chi connectivity index (χ2n) is 5.35. The van der Waals surface area contributed by atoms with Crippen LogP contribution in [0.2, 0.25) is 0 Å². The van der Waals surface area contributed by atoms with E-state index in [4.69, 9.17) is 10.5 Å². The van der Waals surface area contributed by atoms with Gasteiger partial charge in [-0.25, -0.2) is 4.79 Å². The van der Waals surface area contributed by atoms with Crippen LogP contribution in [-0.4, -0.2) is 29.9 Å². The number of ether oxygens (including phenoxy) is 1. The second-order valence-corrected chi connectivity index (χ2v) is 5.35. The van der Waals surface area contributed by atoms with Gasteiger partial charge in [-0.2, -0.15) is 0 Å². The molecule has 2 aromatic carbocycles. The average Bonchev–Trinajstić information content (AvgIpc) is 3.00. The molecule has 0 aliphatic carbocycles. The molecule has 1 heterocycles. The molecular formula is C19H18N2O3. The van der Waals surface area contributed by atoms with Crippen LogP contribution in [0, 0.1) is 0 Å². The lowest BCUT2D eigenvalue weighted by molar-refractivity contribution is 0.0517. The Morgan fingerprint density at radius 3 is 2.50 bits per heavy atom. The summed E-state index contributed by atoms with van der Waals surface area (Å²) in [4.78, 5) is 27.4. The number of Topliss-reactive ketones (excluding diaryl/α,β-unsaturated/α-hetero) is 1. The van der Waals surface area contributed by atoms with E-state index in [2.05, 4.69) is 4.98 Å². The molecule has 0 fully saturated rings. The van der Waals surface area contributed by atoms with Crippen LogP contribution < -0.4 is 5.73 Å². The zero-order chi connectivity index (χ0) is 17.1. The fraction of sp³-hybridized carbons (Fsp3) is 0.158. The van der Waals surface area contributed by atoms with Gasteiger partial charge in [0.2, 0.25) is 0 Å². The van der Waals surface area contributed by atoms with E-state index >= 15 is 0 Å². The molecule has 0 unspecified atom stereocenters. The van der Waals surface area contributed by atoms with Gasteiger partial charge in [0.05, 0.1) is 18.7 Å². The molecule has 0 aliphatic rings. The van der Waals surface area contributed by atoms with Crippen molar-refractivity contribution in [3.05, 3.63) is 59.8 Å². The molecule has 3 N–H and O–H groups in total. The topological polar surface area (TPSA) is 85.2 Å². The Balaban J connectivity index is 2.17. The highest BCUT2D eigenvalue weighted by Gasteiger charge is 2.23. The molecule has 0 spiro atoms. The van der Waals surface area contributed by atoms with Crippen molar-refractivity contribution in [2.45, 2.75) is 6.92 Å². The fourth-order valence-electron chi connectivity index (χ4n) is 2.76. The van der Waals surface area contributed by atoms with Gasteiger partial charge in [0.25, 0.3) is 0 Å². The molecule has 0 saturated heterocycles. The maximum Gasteiger partial charge on any atom is 0.355 e.